The van der Waals surface area contributed by atoms with Gasteiger partial charge in [-0.1, -0.05) is 19.9 Å². The fourth-order valence-electron chi connectivity index (χ4n) is 4.54. The Labute approximate surface area is 217 Å². The molecule has 0 unspecified atom stereocenters. The third-order valence-electron chi connectivity index (χ3n) is 6.69. The van der Waals surface area contributed by atoms with E-state index in [1.54, 1.807) is 37.3 Å². The van der Waals surface area contributed by atoms with Crippen LogP contribution in [0.5, 0.6) is 11.5 Å². The number of rotatable bonds is 11. The van der Waals surface area contributed by atoms with Crippen LogP contribution in [0.25, 0.3) is 0 Å². The zero-order chi connectivity index (χ0) is 26.9. The number of imide groups is 1. The molecule has 10 heteroatoms. The summed E-state index contributed by atoms with van der Waals surface area (Å²) in [5, 5.41) is 2.27. The molecule has 1 fully saturated rings. The molecule has 1 aliphatic heterocycles. The Kier molecular flexibility index (Phi) is 7.59. The third-order valence-corrected chi connectivity index (χ3v) is 8.96. The van der Waals surface area contributed by atoms with Crippen molar-refractivity contribution in [3.05, 3.63) is 52.6 Å². The number of hydrogen-bond acceptors (Lipinski definition) is 7. The van der Waals surface area contributed by atoms with Crippen molar-refractivity contribution in [3.8, 4) is 11.5 Å². The molecule has 1 saturated carbocycles. The molecule has 9 nitrogen and oxygen atoms in total. The van der Waals surface area contributed by atoms with Crippen molar-refractivity contribution >= 4 is 33.2 Å². The van der Waals surface area contributed by atoms with E-state index in [0.29, 0.717) is 42.9 Å². The van der Waals surface area contributed by atoms with Crippen LogP contribution in [0.1, 0.15) is 77.9 Å². The molecule has 1 atom stereocenters. The molecule has 2 aliphatic rings. The Morgan fingerprint density at radius 2 is 1.81 bits per heavy atom. The van der Waals surface area contributed by atoms with Gasteiger partial charge in [0.05, 0.1) is 47.6 Å². The number of nitrogens with zero attached hydrogens (tertiary/aromatic N) is 1. The second-order valence-electron chi connectivity index (χ2n) is 9.19. The number of methoxy groups -OCH3 is 1. The average molecular weight is 529 g/mol. The van der Waals surface area contributed by atoms with Crippen LogP contribution in [0.15, 0.2) is 30.3 Å². The van der Waals surface area contributed by atoms with Crippen molar-refractivity contribution in [2.75, 3.05) is 24.8 Å². The molecule has 3 amide bonds. The van der Waals surface area contributed by atoms with Crippen LogP contribution in [0.2, 0.25) is 0 Å². The van der Waals surface area contributed by atoms with Crippen molar-refractivity contribution in [1.82, 2.24) is 4.90 Å². The molecule has 0 spiro atoms. The highest BCUT2D eigenvalue weighted by Gasteiger charge is 2.46. The molecule has 2 aromatic carbocycles. The molecule has 1 aliphatic carbocycles. The summed E-state index contributed by atoms with van der Waals surface area (Å²) in [4.78, 5) is 40.8. The van der Waals surface area contributed by atoms with E-state index in [0.717, 1.165) is 10.5 Å². The van der Waals surface area contributed by atoms with Crippen LogP contribution in [0.4, 0.5) is 5.69 Å². The second kappa shape index (κ2) is 10.5. The van der Waals surface area contributed by atoms with Gasteiger partial charge in [-0.3, -0.25) is 19.3 Å². The lowest BCUT2D eigenvalue weighted by Gasteiger charge is -2.27. The van der Waals surface area contributed by atoms with Gasteiger partial charge in [0.1, 0.15) is 0 Å². The fraction of sp³-hybridized carbons (Fsp3) is 0.444. The molecule has 0 aromatic heterocycles. The number of aryl methyl sites for hydroxylation is 1. The molecule has 198 valence electrons. The number of sulfone groups is 1. The number of nitrogens with one attached hydrogen (secondary N) is 1. The normalized spacial score (nSPS) is 15.9. The predicted molar refractivity (Wildman–Crippen MR) is 139 cm³/mol. The van der Waals surface area contributed by atoms with Gasteiger partial charge in [-0.05, 0) is 61.6 Å². The van der Waals surface area contributed by atoms with Gasteiger partial charge in [0.15, 0.2) is 21.3 Å². The fourth-order valence-corrected chi connectivity index (χ4v) is 6.45. The maximum Gasteiger partial charge on any atom is 0.264 e. The van der Waals surface area contributed by atoms with Crippen LogP contribution in [0, 0.1) is 0 Å². The Bertz CT molecular complexity index is 1350. The summed E-state index contributed by atoms with van der Waals surface area (Å²) in [5.41, 5.74) is 1.71. The quantitative estimate of drug-likeness (QED) is 0.439. The first-order chi connectivity index (χ1) is 17.6. The second-order valence-corrected chi connectivity index (χ2v) is 11.5. The van der Waals surface area contributed by atoms with Crippen LogP contribution < -0.4 is 14.8 Å². The number of anilines is 1. The number of carbonyl (C=O) groups is 3. The van der Waals surface area contributed by atoms with E-state index < -0.39 is 38.7 Å². The average Bonchev–Trinajstić information content (AvgIpc) is 3.71. The Morgan fingerprint density at radius 1 is 1.08 bits per heavy atom. The molecule has 0 radical (unpaired) electrons. The Morgan fingerprint density at radius 3 is 2.41 bits per heavy atom. The maximum atomic E-state index is 13.8. The van der Waals surface area contributed by atoms with Crippen molar-refractivity contribution in [3.63, 3.8) is 0 Å². The molecular weight excluding hydrogens is 496 g/mol. The monoisotopic (exact) mass is 528 g/mol. The van der Waals surface area contributed by atoms with Crippen LogP contribution in [-0.4, -0.2) is 55.8 Å². The van der Waals surface area contributed by atoms with Gasteiger partial charge < -0.3 is 14.8 Å². The van der Waals surface area contributed by atoms with Crippen molar-refractivity contribution in [1.29, 1.82) is 0 Å². The summed E-state index contributed by atoms with van der Waals surface area (Å²) >= 11 is 0. The predicted octanol–water partition coefficient (Wildman–Crippen LogP) is 3.92. The van der Waals surface area contributed by atoms with Crippen LogP contribution in [-0.2, 0) is 21.1 Å². The summed E-state index contributed by atoms with van der Waals surface area (Å²) < 4.78 is 37.3. The minimum absolute atomic E-state index is 0.0800. The summed E-state index contributed by atoms with van der Waals surface area (Å²) in [7, 11) is -2.09. The van der Waals surface area contributed by atoms with Gasteiger partial charge in [-0.25, -0.2) is 8.42 Å². The van der Waals surface area contributed by atoms with E-state index in [9.17, 15) is 22.8 Å². The third kappa shape index (κ3) is 5.20. The summed E-state index contributed by atoms with van der Waals surface area (Å²) in [6, 6.07) is 7.16. The van der Waals surface area contributed by atoms with E-state index in [1.807, 2.05) is 13.8 Å². The molecule has 2 aromatic rings. The van der Waals surface area contributed by atoms with Gasteiger partial charge in [-0.15, -0.1) is 0 Å². The Balaban J connectivity index is 1.84. The Hall–Kier alpha value is -3.40. The highest BCUT2D eigenvalue weighted by Crippen LogP contribution is 2.41. The number of fused-ring (bicyclic) bond motifs is 1. The lowest BCUT2D eigenvalue weighted by molar-refractivity contribution is -0.115. The summed E-state index contributed by atoms with van der Waals surface area (Å²) in [5.74, 6) is -1.09. The molecule has 1 heterocycles. The van der Waals surface area contributed by atoms with Crippen molar-refractivity contribution in [2.45, 2.75) is 57.7 Å². The van der Waals surface area contributed by atoms with Gasteiger partial charge in [0.25, 0.3) is 11.8 Å². The smallest absolute Gasteiger partial charge is 0.264 e. The van der Waals surface area contributed by atoms with E-state index in [-0.39, 0.29) is 29.1 Å². The first kappa shape index (κ1) is 26.7. The van der Waals surface area contributed by atoms with E-state index in [4.69, 9.17) is 9.47 Å². The number of ether oxygens (including phenoxy) is 2. The van der Waals surface area contributed by atoms with Crippen LogP contribution >= 0.6 is 0 Å². The number of benzene rings is 2. The first-order valence-electron chi connectivity index (χ1n) is 12.5. The van der Waals surface area contributed by atoms with Gasteiger partial charge in [0, 0.05) is 6.42 Å². The largest absolute Gasteiger partial charge is 0.493 e. The minimum Gasteiger partial charge on any atom is -0.493 e. The zero-order valence-electron chi connectivity index (χ0n) is 21.5. The van der Waals surface area contributed by atoms with E-state index in [1.165, 1.54) is 7.11 Å². The van der Waals surface area contributed by atoms with E-state index in [2.05, 4.69) is 5.32 Å². The molecule has 4 rings (SSSR count). The van der Waals surface area contributed by atoms with E-state index >= 15 is 0 Å². The SMILES string of the molecule is CCOc1cc([C@@H](CS(=O)(=O)C2CC2)N2C(=O)c3cc(CC)cc(NC(=O)CC)c3C2=O)ccc1OC. The minimum atomic E-state index is -3.58. The summed E-state index contributed by atoms with van der Waals surface area (Å²) in [6.45, 7) is 5.75. The number of hydrogen-bond donors (Lipinski definition) is 1. The lowest BCUT2D eigenvalue weighted by Crippen LogP contribution is -2.38. The number of carbonyl (C=O) groups excluding carboxylic acids is 3. The highest BCUT2D eigenvalue weighted by molar-refractivity contribution is 7.92. The molecule has 0 saturated heterocycles. The standard InChI is InChI=1S/C27H32N2O7S/c1-5-16-12-19-25(20(13-16)28-24(30)6-2)27(32)29(26(19)31)21(15-37(33,34)18-9-10-18)17-8-11-22(35-4)23(14-17)36-7-3/h8,11-14,18,21H,5-7,9-10,15H2,1-4H3,(H,28,30)/t21-/m1/s1. The highest BCUT2D eigenvalue weighted by atomic mass is 32.2. The van der Waals surface area contributed by atoms with Crippen LogP contribution in [0.3, 0.4) is 0 Å². The van der Waals surface area contributed by atoms with Crippen molar-refractivity contribution in [2.24, 2.45) is 0 Å². The molecular formula is C27H32N2O7S. The number of amides is 3. The molecule has 0 bridgehead atoms. The zero-order valence-corrected chi connectivity index (χ0v) is 22.3. The maximum absolute atomic E-state index is 13.8. The molecule has 1 N–H and O–H groups in total. The summed E-state index contributed by atoms with van der Waals surface area (Å²) in [6.07, 6.45) is 1.92. The van der Waals surface area contributed by atoms with Gasteiger partial charge in [0.2, 0.25) is 5.91 Å². The van der Waals surface area contributed by atoms with Gasteiger partial charge in [-0.2, -0.15) is 0 Å². The van der Waals surface area contributed by atoms with Crippen molar-refractivity contribution < 1.29 is 32.3 Å². The first-order valence-corrected chi connectivity index (χ1v) is 14.2. The van der Waals surface area contributed by atoms with Gasteiger partial charge >= 0.3 is 0 Å². The molecule has 37 heavy (non-hydrogen) atoms. The lowest BCUT2D eigenvalue weighted by atomic mass is 10.0. The topological polar surface area (TPSA) is 119 Å².